The molecule has 0 aliphatic rings. The van der Waals surface area contributed by atoms with Crippen LogP contribution in [0.5, 0.6) is 0 Å². The van der Waals surface area contributed by atoms with Gasteiger partial charge in [0.1, 0.15) is 0 Å². The van der Waals surface area contributed by atoms with Crippen LogP contribution in [0.3, 0.4) is 0 Å². The van der Waals surface area contributed by atoms with Gasteiger partial charge in [0.05, 0.1) is 0 Å². The monoisotopic (exact) mass is 221 g/mol. The normalized spacial score (nSPS) is 10.0. The Labute approximate surface area is 94.0 Å². The van der Waals surface area contributed by atoms with Crippen LogP contribution in [0.15, 0.2) is 24.3 Å². The highest BCUT2D eigenvalue weighted by Gasteiger charge is 2.11. The summed E-state index contributed by atoms with van der Waals surface area (Å²) in [5.74, 6) is 3.61. The third kappa shape index (κ3) is 3.06. The number of benzene rings is 1. The van der Waals surface area contributed by atoms with E-state index >= 15 is 0 Å². The number of anilines is 1. The lowest BCUT2D eigenvalue weighted by molar-refractivity contribution is -0.136. The highest BCUT2D eigenvalue weighted by Crippen LogP contribution is 2.16. The third-order valence-corrected chi connectivity index (χ3v) is 2.17. The minimum Gasteiger partial charge on any atom is -0.318 e. The smallest absolute Gasteiger partial charge is 0.318 e. The number of rotatable bonds is 2. The first-order valence-electron chi connectivity index (χ1n) is 4.96. The van der Waals surface area contributed by atoms with E-state index in [0.717, 1.165) is 0 Å². The van der Waals surface area contributed by atoms with Crippen molar-refractivity contribution in [3.63, 3.8) is 0 Å². The Kier molecular flexibility index (Phi) is 4.02. The van der Waals surface area contributed by atoms with Gasteiger partial charge < -0.3 is 5.32 Å². The van der Waals surface area contributed by atoms with Gasteiger partial charge in [-0.05, 0) is 23.6 Å². The molecule has 4 N–H and O–H groups in total. The zero-order valence-electron chi connectivity index (χ0n) is 9.28. The van der Waals surface area contributed by atoms with Crippen molar-refractivity contribution in [2.24, 2.45) is 5.84 Å². The lowest BCUT2D eigenvalue weighted by Gasteiger charge is -2.07. The van der Waals surface area contributed by atoms with Gasteiger partial charge in [-0.1, -0.05) is 26.0 Å². The maximum atomic E-state index is 11.2. The van der Waals surface area contributed by atoms with E-state index in [1.165, 1.54) is 5.56 Å². The van der Waals surface area contributed by atoms with E-state index in [1.54, 1.807) is 17.6 Å². The molecule has 1 aromatic rings. The summed E-state index contributed by atoms with van der Waals surface area (Å²) in [6, 6.07) is 7.30. The van der Waals surface area contributed by atoms with Crippen LogP contribution in [0.25, 0.3) is 0 Å². The Morgan fingerprint density at radius 2 is 1.69 bits per heavy atom. The Morgan fingerprint density at radius 3 is 2.12 bits per heavy atom. The van der Waals surface area contributed by atoms with Crippen molar-refractivity contribution in [2.75, 3.05) is 5.32 Å². The number of hydrazine groups is 1. The fourth-order valence-electron chi connectivity index (χ4n) is 1.20. The molecule has 0 bridgehead atoms. The molecule has 5 heteroatoms. The molecular formula is C11H15N3O2. The Bertz CT molecular complexity index is 385. The second-order valence-corrected chi connectivity index (χ2v) is 3.70. The molecule has 5 nitrogen and oxygen atoms in total. The van der Waals surface area contributed by atoms with Crippen molar-refractivity contribution < 1.29 is 9.59 Å². The summed E-state index contributed by atoms with van der Waals surface area (Å²) >= 11 is 0. The molecule has 0 heterocycles. The summed E-state index contributed by atoms with van der Waals surface area (Å²) in [6.07, 6.45) is 0. The van der Waals surface area contributed by atoms with E-state index in [4.69, 9.17) is 5.84 Å². The highest BCUT2D eigenvalue weighted by atomic mass is 16.2. The number of nitrogens with two attached hydrogens (primary N) is 1. The molecule has 0 unspecified atom stereocenters. The summed E-state index contributed by atoms with van der Waals surface area (Å²) in [6.45, 7) is 4.16. The van der Waals surface area contributed by atoms with E-state index < -0.39 is 11.8 Å². The van der Waals surface area contributed by atoms with Crippen molar-refractivity contribution in [1.82, 2.24) is 5.43 Å². The summed E-state index contributed by atoms with van der Waals surface area (Å²) in [5, 5.41) is 2.43. The van der Waals surface area contributed by atoms with Crippen LogP contribution < -0.4 is 16.6 Å². The third-order valence-electron chi connectivity index (χ3n) is 2.17. The molecule has 0 radical (unpaired) electrons. The summed E-state index contributed by atoms with van der Waals surface area (Å²) in [4.78, 5) is 22.0. The summed E-state index contributed by atoms with van der Waals surface area (Å²) in [5.41, 5.74) is 3.50. The SMILES string of the molecule is CC(C)c1ccc(NC(=O)C(=O)NN)cc1. The van der Waals surface area contributed by atoms with Gasteiger partial charge in [-0.3, -0.25) is 15.0 Å². The van der Waals surface area contributed by atoms with Crippen molar-refractivity contribution in [3.8, 4) is 0 Å². The van der Waals surface area contributed by atoms with Gasteiger partial charge in [-0.25, -0.2) is 5.84 Å². The number of amides is 2. The lowest BCUT2D eigenvalue weighted by atomic mass is 10.0. The van der Waals surface area contributed by atoms with E-state index in [-0.39, 0.29) is 0 Å². The maximum absolute atomic E-state index is 11.2. The first-order valence-corrected chi connectivity index (χ1v) is 4.96. The maximum Gasteiger partial charge on any atom is 0.323 e. The first kappa shape index (κ1) is 12.2. The van der Waals surface area contributed by atoms with Gasteiger partial charge in [0.15, 0.2) is 0 Å². The van der Waals surface area contributed by atoms with Crippen LogP contribution in [-0.4, -0.2) is 11.8 Å². The summed E-state index contributed by atoms with van der Waals surface area (Å²) in [7, 11) is 0. The molecule has 86 valence electrons. The Hall–Kier alpha value is -1.88. The first-order chi connectivity index (χ1) is 7.54. The van der Waals surface area contributed by atoms with Gasteiger partial charge in [-0.2, -0.15) is 0 Å². The Morgan fingerprint density at radius 1 is 1.12 bits per heavy atom. The molecule has 16 heavy (non-hydrogen) atoms. The molecule has 1 rings (SSSR count). The van der Waals surface area contributed by atoms with E-state index in [1.807, 2.05) is 12.1 Å². The van der Waals surface area contributed by atoms with Gasteiger partial charge in [0.2, 0.25) is 0 Å². The average Bonchev–Trinajstić information content (AvgIpc) is 2.28. The predicted molar refractivity (Wildman–Crippen MR) is 61.5 cm³/mol. The quantitative estimate of drug-likeness (QED) is 0.298. The summed E-state index contributed by atoms with van der Waals surface area (Å²) < 4.78 is 0. The topological polar surface area (TPSA) is 84.2 Å². The number of hydrogen-bond donors (Lipinski definition) is 3. The minimum absolute atomic E-state index is 0.428. The van der Waals surface area contributed by atoms with Crippen molar-refractivity contribution in [2.45, 2.75) is 19.8 Å². The van der Waals surface area contributed by atoms with Gasteiger partial charge in [0.25, 0.3) is 0 Å². The number of carbonyl (C=O) groups is 2. The van der Waals surface area contributed by atoms with Crippen LogP contribution in [0, 0.1) is 0 Å². The molecule has 1 aromatic carbocycles. The molecule has 0 fully saturated rings. The molecule has 0 aliphatic heterocycles. The number of nitrogens with one attached hydrogen (secondary N) is 2. The molecule has 0 spiro atoms. The van der Waals surface area contributed by atoms with E-state index in [9.17, 15) is 9.59 Å². The van der Waals surface area contributed by atoms with Gasteiger partial charge in [0, 0.05) is 5.69 Å². The van der Waals surface area contributed by atoms with Crippen molar-refractivity contribution in [3.05, 3.63) is 29.8 Å². The second-order valence-electron chi connectivity index (χ2n) is 3.70. The highest BCUT2D eigenvalue weighted by molar-refractivity contribution is 6.39. The number of hydrogen-bond acceptors (Lipinski definition) is 3. The Balaban J connectivity index is 2.69. The minimum atomic E-state index is -0.868. The van der Waals surface area contributed by atoms with Crippen molar-refractivity contribution >= 4 is 17.5 Å². The van der Waals surface area contributed by atoms with Crippen LogP contribution in [0.4, 0.5) is 5.69 Å². The zero-order valence-corrected chi connectivity index (χ0v) is 9.28. The van der Waals surface area contributed by atoms with E-state index in [0.29, 0.717) is 11.6 Å². The zero-order chi connectivity index (χ0) is 12.1. The molecule has 0 aromatic heterocycles. The second kappa shape index (κ2) is 5.27. The molecule has 0 saturated heterocycles. The molecule has 0 saturated carbocycles. The van der Waals surface area contributed by atoms with Gasteiger partial charge in [-0.15, -0.1) is 0 Å². The predicted octanol–water partition coefficient (Wildman–Crippen LogP) is 0.738. The fourth-order valence-corrected chi connectivity index (χ4v) is 1.20. The molecular weight excluding hydrogens is 206 g/mol. The standard InChI is InChI=1S/C11H15N3O2/c1-7(2)8-3-5-9(6-4-8)13-10(15)11(16)14-12/h3-7H,12H2,1-2H3,(H,13,15)(H,14,16). The average molecular weight is 221 g/mol. The fraction of sp³-hybridized carbons (Fsp3) is 0.273. The van der Waals surface area contributed by atoms with Crippen molar-refractivity contribution in [1.29, 1.82) is 0 Å². The molecule has 2 amide bonds. The number of carbonyl (C=O) groups excluding carboxylic acids is 2. The van der Waals surface area contributed by atoms with Crippen LogP contribution >= 0.6 is 0 Å². The molecule has 0 atom stereocenters. The molecule has 0 aliphatic carbocycles. The van der Waals surface area contributed by atoms with Crippen LogP contribution in [0.2, 0.25) is 0 Å². The van der Waals surface area contributed by atoms with E-state index in [2.05, 4.69) is 19.2 Å². The van der Waals surface area contributed by atoms with Gasteiger partial charge >= 0.3 is 11.8 Å². The lowest BCUT2D eigenvalue weighted by Crippen LogP contribution is -2.39. The van der Waals surface area contributed by atoms with Crippen LogP contribution in [-0.2, 0) is 9.59 Å². The largest absolute Gasteiger partial charge is 0.323 e. The van der Waals surface area contributed by atoms with Crippen LogP contribution in [0.1, 0.15) is 25.3 Å².